The van der Waals surface area contributed by atoms with Crippen LogP contribution in [0.4, 0.5) is 0 Å². The fourth-order valence-electron chi connectivity index (χ4n) is 4.93. The lowest BCUT2D eigenvalue weighted by Gasteiger charge is -2.34. The number of nitro groups is 1. The first-order valence-corrected chi connectivity index (χ1v) is 9.65. The molecule has 1 N–H and O–H groups in total. The summed E-state index contributed by atoms with van der Waals surface area (Å²) in [5.74, 6) is 0.598. The molecular formula is C20H28N2O6. The van der Waals surface area contributed by atoms with E-state index in [1.165, 1.54) is 0 Å². The monoisotopic (exact) mass is 392 g/mol. The van der Waals surface area contributed by atoms with Crippen molar-refractivity contribution in [1.82, 2.24) is 4.90 Å². The Morgan fingerprint density at radius 2 is 2.04 bits per heavy atom. The predicted octanol–water partition coefficient (Wildman–Crippen LogP) is 2.11. The number of carbonyl (C=O) groups excluding carboxylic acids is 1. The number of likely N-dealkylation sites (tertiary alicyclic amines) is 1. The highest BCUT2D eigenvalue weighted by atomic mass is 16.6. The summed E-state index contributed by atoms with van der Waals surface area (Å²) in [5, 5.41) is 22.2. The van der Waals surface area contributed by atoms with Gasteiger partial charge in [-0.3, -0.25) is 14.9 Å². The molecule has 1 aliphatic heterocycles. The molecule has 1 saturated carbocycles. The molecule has 3 rings (SSSR count). The van der Waals surface area contributed by atoms with Gasteiger partial charge in [0.15, 0.2) is 11.5 Å². The first-order valence-electron chi connectivity index (χ1n) is 9.65. The summed E-state index contributed by atoms with van der Waals surface area (Å²) >= 11 is 0. The fourth-order valence-corrected chi connectivity index (χ4v) is 4.93. The van der Waals surface area contributed by atoms with E-state index in [1.807, 2.05) is 25.1 Å². The number of benzene rings is 1. The third-order valence-electron chi connectivity index (χ3n) is 6.28. The van der Waals surface area contributed by atoms with E-state index in [-0.39, 0.29) is 41.5 Å². The zero-order valence-corrected chi connectivity index (χ0v) is 16.6. The number of aliphatic hydroxyl groups is 1. The molecule has 1 aliphatic carbocycles. The number of aryl methyl sites for hydroxylation is 1. The molecule has 2 fully saturated rings. The Hall–Kier alpha value is -2.35. The summed E-state index contributed by atoms with van der Waals surface area (Å²) in [6.07, 6.45) is 2.00. The molecule has 0 aromatic heterocycles. The van der Waals surface area contributed by atoms with E-state index in [2.05, 4.69) is 0 Å². The number of carbonyl (C=O) groups is 1. The fraction of sp³-hybridized carbons (Fsp3) is 0.650. The number of methoxy groups -OCH3 is 2. The number of fused-ring (bicyclic) bond motifs is 1. The molecule has 3 unspecified atom stereocenters. The smallest absolute Gasteiger partial charge is 0.225 e. The number of rotatable bonds is 8. The van der Waals surface area contributed by atoms with E-state index in [0.717, 1.165) is 12.0 Å². The summed E-state index contributed by atoms with van der Waals surface area (Å²) < 4.78 is 10.6. The Labute approximate surface area is 164 Å². The van der Waals surface area contributed by atoms with Gasteiger partial charge in [0, 0.05) is 29.7 Å². The second kappa shape index (κ2) is 7.95. The maximum absolute atomic E-state index is 12.5. The van der Waals surface area contributed by atoms with Crippen molar-refractivity contribution in [1.29, 1.82) is 0 Å². The molecular weight excluding hydrogens is 364 g/mol. The van der Waals surface area contributed by atoms with Gasteiger partial charge in [-0.15, -0.1) is 0 Å². The Balaban J connectivity index is 1.65. The zero-order valence-electron chi connectivity index (χ0n) is 16.6. The summed E-state index contributed by atoms with van der Waals surface area (Å²) in [4.78, 5) is 24.7. The molecule has 8 heteroatoms. The van der Waals surface area contributed by atoms with Gasteiger partial charge in [-0.05, 0) is 42.9 Å². The van der Waals surface area contributed by atoms with Gasteiger partial charge in [0.05, 0.1) is 14.2 Å². The minimum Gasteiger partial charge on any atom is -0.493 e. The molecule has 0 radical (unpaired) electrons. The molecule has 1 aromatic carbocycles. The third-order valence-corrected chi connectivity index (χ3v) is 6.28. The minimum atomic E-state index is -1.26. The van der Waals surface area contributed by atoms with Gasteiger partial charge in [-0.1, -0.05) is 13.0 Å². The molecule has 2 aliphatic rings. The van der Waals surface area contributed by atoms with Crippen molar-refractivity contribution in [2.45, 2.75) is 38.3 Å². The van der Waals surface area contributed by atoms with Gasteiger partial charge in [0.2, 0.25) is 12.5 Å². The van der Waals surface area contributed by atoms with Crippen molar-refractivity contribution < 1.29 is 24.3 Å². The van der Waals surface area contributed by atoms with Crippen molar-refractivity contribution in [3.63, 3.8) is 0 Å². The van der Waals surface area contributed by atoms with Gasteiger partial charge in [-0.25, -0.2) is 0 Å². The van der Waals surface area contributed by atoms with Gasteiger partial charge in [0.25, 0.3) is 0 Å². The Bertz CT molecular complexity index is 754. The SMILES string of the molecule is COc1ccc(CCCN2C(=O)CC3[C@H](C[N+](=O)[O-])C(C)CC32O)cc1OC. The van der Waals surface area contributed by atoms with E-state index < -0.39 is 5.72 Å². The van der Waals surface area contributed by atoms with Gasteiger partial charge in [0.1, 0.15) is 5.72 Å². The number of amides is 1. The van der Waals surface area contributed by atoms with E-state index in [9.17, 15) is 20.0 Å². The second-order valence-electron chi connectivity index (χ2n) is 7.89. The van der Waals surface area contributed by atoms with Crippen LogP contribution < -0.4 is 9.47 Å². The van der Waals surface area contributed by atoms with Gasteiger partial charge >= 0.3 is 0 Å². The van der Waals surface area contributed by atoms with Crippen LogP contribution >= 0.6 is 0 Å². The number of hydrogen-bond acceptors (Lipinski definition) is 6. The van der Waals surface area contributed by atoms with E-state index >= 15 is 0 Å². The first-order chi connectivity index (χ1) is 13.3. The summed E-state index contributed by atoms with van der Waals surface area (Å²) in [7, 11) is 3.17. The summed E-state index contributed by atoms with van der Waals surface area (Å²) in [6, 6.07) is 5.71. The lowest BCUT2D eigenvalue weighted by Crippen LogP contribution is -2.48. The quantitative estimate of drug-likeness (QED) is 0.537. The molecule has 8 nitrogen and oxygen atoms in total. The van der Waals surface area contributed by atoms with E-state index in [4.69, 9.17) is 9.47 Å². The number of ether oxygens (including phenoxy) is 2. The largest absolute Gasteiger partial charge is 0.493 e. The molecule has 1 saturated heterocycles. The van der Waals surface area contributed by atoms with Crippen LogP contribution in [0.3, 0.4) is 0 Å². The van der Waals surface area contributed by atoms with Crippen molar-refractivity contribution in [3.8, 4) is 11.5 Å². The van der Waals surface area contributed by atoms with Crippen LogP contribution in [0.15, 0.2) is 18.2 Å². The standard InChI is InChI=1S/C20H28N2O6/c1-13-11-20(24)16(15(13)12-22(25)26)10-19(23)21(20)8-4-5-14-6-7-17(27-2)18(9-14)28-3/h6-7,9,13,15-16,24H,4-5,8,10-12H2,1-3H3/t13?,15-,16?,20?/m1/s1. The molecule has 0 spiro atoms. The van der Waals surface area contributed by atoms with Crippen LogP contribution in [0.5, 0.6) is 11.5 Å². The van der Waals surface area contributed by atoms with Crippen molar-refractivity contribution in [2.24, 2.45) is 17.8 Å². The topological polar surface area (TPSA) is 102 Å². The lowest BCUT2D eigenvalue weighted by atomic mass is 9.88. The molecule has 28 heavy (non-hydrogen) atoms. The Morgan fingerprint density at radius 1 is 1.32 bits per heavy atom. The van der Waals surface area contributed by atoms with Crippen molar-refractivity contribution in [3.05, 3.63) is 33.9 Å². The maximum atomic E-state index is 12.5. The normalized spacial score (nSPS) is 29.1. The molecule has 4 atom stereocenters. The van der Waals surface area contributed by atoms with E-state index in [1.54, 1.807) is 19.1 Å². The lowest BCUT2D eigenvalue weighted by molar-refractivity contribution is -0.491. The summed E-state index contributed by atoms with van der Waals surface area (Å²) in [6.45, 7) is 2.16. The highest BCUT2D eigenvalue weighted by Crippen LogP contribution is 2.52. The van der Waals surface area contributed by atoms with Crippen molar-refractivity contribution >= 4 is 5.91 Å². The highest BCUT2D eigenvalue weighted by Gasteiger charge is 2.61. The van der Waals surface area contributed by atoms with Crippen LogP contribution in [0, 0.1) is 27.9 Å². The van der Waals surface area contributed by atoms with Crippen molar-refractivity contribution in [2.75, 3.05) is 27.3 Å². The van der Waals surface area contributed by atoms with Gasteiger partial charge in [-0.2, -0.15) is 0 Å². The van der Waals surface area contributed by atoms with Crippen LogP contribution in [0.2, 0.25) is 0 Å². The van der Waals surface area contributed by atoms with Crippen LogP contribution in [0.1, 0.15) is 31.7 Å². The molecule has 0 bridgehead atoms. The van der Waals surface area contributed by atoms with E-state index in [0.29, 0.717) is 30.9 Å². The Kier molecular flexibility index (Phi) is 5.79. The third kappa shape index (κ3) is 3.65. The highest BCUT2D eigenvalue weighted by molar-refractivity contribution is 5.80. The van der Waals surface area contributed by atoms with Crippen LogP contribution in [0.25, 0.3) is 0 Å². The average Bonchev–Trinajstić information content (AvgIpc) is 3.02. The predicted molar refractivity (Wildman–Crippen MR) is 102 cm³/mol. The first kappa shape index (κ1) is 20.4. The molecule has 1 heterocycles. The molecule has 1 aromatic rings. The maximum Gasteiger partial charge on any atom is 0.225 e. The zero-order chi connectivity index (χ0) is 20.5. The minimum absolute atomic E-state index is 0.0156. The van der Waals surface area contributed by atoms with Gasteiger partial charge < -0.3 is 19.5 Å². The Morgan fingerprint density at radius 3 is 2.68 bits per heavy atom. The number of hydrogen-bond donors (Lipinski definition) is 1. The molecule has 154 valence electrons. The average molecular weight is 392 g/mol. The number of nitrogens with zero attached hydrogens (tertiary/aromatic N) is 2. The van der Waals surface area contributed by atoms with Crippen LogP contribution in [-0.4, -0.2) is 53.9 Å². The second-order valence-corrected chi connectivity index (χ2v) is 7.89. The summed E-state index contributed by atoms with van der Waals surface area (Å²) in [5.41, 5.74) is -0.201. The molecule has 1 amide bonds. The van der Waals surface area contributed by atoms with Crippen LogP contribution in [-0.2, 0) is 11.2 Å².